The van der Waals surface area contributed by atoms with Crippen LogP contribution in [-0.4, -0.2) is 49.3 Å². The van der Waals surface area contributed by atoms with Crippen molar-refractivity contribution in [3.63, 3.8) is 0 Å². The van der Waals surface area contributed by atoms with Crippen LogP contribution in [0.15, 0.2) is 41.3 Å². The maximum absolute atomic E-state index is 13.5. The predicted molar refractivity (Wildman–Crippen MR) is 133 cm³/mol. The number of carbonyl (C=O) groups is 2. The molecule has 10 heteroatoms. The monoisotopic (exact) mass is 492 g/mol. The molecule has 1 aliphatic heterocycles. The van der Waals surface area contributed by atoms with E-state index in [1.165, 1.54) is 10.6 Å². The minimum Gasteiger partial charge on any atom is -0.348 e. The number of likely N-dealkylation sites (tertiary alicyclic amines) is 1. The summed E-state index contributed by atoms with van der Waals surface area (Å²) in [5.41, 5.74) is 1.84. The largest absolute Gasteiger partial charge is 0.348 e. The second kappa shape index (κ2) is 8.49. The summed E-state index contributed by atoms with van der Waals surface area (Å²) in [6.45, 7) is 7.25. The minimum absolute atomic E-state index is 0.0586. The van der Waals surface area contributed by atoms with Gasteiger partial charge in [-0.15, -0.1) is 0 Å². The van der Waals surface area contributed by atoms with Crippen LogP contribution in [-0.2, 0) is 17.9 Å². The van der Waals surface area contributed by atoms with Crippen LogP contribution in [0, 0.1) is 12.3 Å². The van der Waals surface area contributed by atoms with Crippen molar-refractivity contribution in [1.29, 1.82) is 0 Å². The summed E-state index contributed by atoms with van der Waals surface area (Å²) in [6, 6.07) is 8.58. The first-order chi connectivity index (χ1) is 16.6. The first-order valence-electron chi connectivity index (χ1n) is 11.3. The highest BCUT2D eigenvalue weighted by atomic mass is 35.5. The summed E-state index contributed by atoms with van der Waals surface area (Å²) in [4.78, 5) is 53.4. The summed E-state index contributed by atoms with van der Waals surface area (Å²) >= 11 is 5.93. The molecule has 0 aliphatic carbocycles. The van der Waals surface area contributed by atoms with E-state index in [0.29, 0.717) is 46.0 Å². The van der Waals surface area contributed by atoms with Gasteiger partial charge in [-0.2, -0.15) is 0 Å². The van der Waals surface area contributed by atoms with Gasteiger partial charge in [0.25, 0.3) is 11.5 Å². The van der Waals surface area contributed by atoms with Crippen LogP contribution in [0.5, 0.6) is 0 Å². The van der Waals surface area contributed by atoms with Crippen molar-refractivity contribution in [2.75, 3.05) is 13.1 Å². The van der Waals surface area contributed by atoms with E-state index in [1.54, 1.807) is 35.4 Å². The van der Waals surface area contributed by atoms with E-state index in [1.807, 2.05) is 6.92 Å². The number of benzene rings is 1. The van der Waals surface area contributed by atoms with Crippen molar-refractivity contribution < 1.29 is 9.59 Å². The van der Waals surface area contributed by atoms with Crippen LogP contribution >= 0.6 is 11.6 Å². The lowest BCUT2D eigenvalue weighted by atomic mass is 9.84. The lowest BCUT2D eigenvalue weighted by Crippen LogP contribution is -2.56. The van der Waals surface area contributed by atoms with Gasteiger partial charge in [0, 0.05) is 30.0 Å². The zero-order chi connectivity index (χ0) is 24.9. The van der Waals surface area contributed by atoms with Gasteiger partial charge < -0.3 is 15.2 Å². The highest BCUT2D eigenvalue weighted by molar-refractivity contribution is 6.30. The number of nitrogens with one attached hydrogen (secondary N) is 2. The Bertz CT molecular complexity index is 1530. The van der Waals surface area contributed by atoms with Crippen LogP contribution in [0.2, 0.25) is 5.02 Å². The number of nitrogens with zero attached hydrogens (tertiary/aromatic N) is 4. The lowest BCUT2D eigenvalue weighted by Gasteiger charge is -2.45. The van der Waals surface area contributed by atoms with Crippen LogP contribution < -0.4 is 10.9 Å². The summed E-state index contributed by atoms with van der Waals surface area (Å²) in [5, 5.41) is 3.91. The molecule has 1 fully saturated rings. The molecule has 2 N–H and O–H groups in total. The molecular weight excluding hydrogens is 468 g/mol. The van der Waals surface area contributed by atoms with Gasteiger partial charge in [0.1, 0.15) is 29.1 Å². The predicted octanol–water partition coefficient (Wildman–Crippen LogP) is 3.03. The number of hydrogen-bond acceptors (Lipinski definition) is 5. The van der Waals surface area contributed by atoms with Gasteiger partial charge in [0.2, 0.25) is 5.91 Å². The molecule has 0 spiro atoms. The van der Waals surface area contributed by atoms with E-state index < -0.39 is 11.5 Å². The molecule has 5 rings (SSSR count). The Morgan fingerprint density at radius 1 is 1.20 bits per heavy atom. The van der Waals surface area contributed by atoms with Crippen molar-refractivity contribution in [1.82, 2.24) is 29.7 Å². The number of pyridine rings is 2. The Balaban J connectivity index is 1.55. The third-order valence-electron chi connectivity index (χ3n) is 6.18. The first kappa shape index (κ1) is 23.0. The number of amides is 2. The van der Waals surface area contributed by atoms with Gasteiger partial charge >= 0.3 is 0 Å². The van der Waals surface area contributed by atoms with E-state index in [9.17, 15) is 14.4 Å². The summed E-state index contributed by atoms with van der Waals surface area (Å²) in [6.07, 6.45) is 1.59. The molecular formula is C25H25ClN6O3. The number of fused-ring (bicyclic) bond motifs is 3. The number of imidazole rings is 1. The standard InChI is InChI=1S/C25H25ClN6O3/c1-14-29-19-10-27-22-17(21(19)30-14)8-18(23(34)28-9-15-4-6-16(26)7-5-15)24(35)32(22)11-20(33)31-12-25(2,3)13-31/h4-8,10H,9,11-13H2,1-3H3,(H,28,34)(H,29,30). The van der Waals surface area contributed by atoms with Gasteiger partial charge in [-0.25, -0.2) is 9.97 Å². The number of hydrogen-bond donors (Lipinski definition) is 2. The minimum atomic E-state index is -0.571. The van der Waals surface area contributed by atoms with Crippen molar-refractivity contribution in [3.05, 3.63) is 68.9 Å². The fourth-order valence-corrected chi connectivity index (χ4v) is 4.62. The van der Waals surface area contributed by atoms with E-state index >= 15 is 0 Å². The molecule has 0 bridgehead atoms. The highest BCUT2D eigenvalue weighted by Crippen LogP contribution is 2.29. The fraction of sp³-hybridized carbons (Fsp3) is 0.320. The van der Waals surface area contributed by atoms with Crippen molar-refractivity contribution in [2.45, 2.75) is 33.9 Å². The van der Waals surface area contributed by atoms with Gasteiger partial charge in [-0.05, 0) is 36.1 Å². The maximum atomic E-state index is 13.5. The normalized spacial score (nSPS) is 14.8. The molecule has 0 saturated carbocycles. The first-order valence-corrected chi connectivity index (χ1v) is 11.7. The number of aryl methyl sites for hydroxylation is 1. The Labute approximate surface area is 206 Å². The fourth-order valence-electron chi connectivity index (χ4n) is 4.49. The second-order valence-electron chi connectivity index (χ2n) is 9.75. The number of aromatic nitrogens is 4. The number of carbonyl (C=O) groups excluding carboxylic acids is 2. The Kier molecular flexibility index (Phi) is 5.59. The molecule has 1 aromatic carbocycles. The van der Waals surface area contributed by atoms with E-state index in [2.05, 4.69) is 34.1 Å². The van der Waals surface area contributed by atoms with Crippen LogP contribution in [0.4, 0.5) is 0 Å². The quantitative estimate of drug-likeness (QED) is 0.444. The van der Waals surface area contributed by atoms with Gasteiger partial charge in [-0.1, -0.05) is 37.6 Å². The van der Waals surface area contributed by atoms with E-state index in [0.717, 1.165) is 5.56 Å². The molecule has 0 unspecified atom stereocenters. The maximum Gasteiger partial charge on any atom is 0.265 e. The number of H-pyrrole nitrogens is 1. The molecule has 4 aromatic rings. The highest BCUT2D eigenvalue weighted by Gasteiger charge is 2.37. The number of halogens is 1. The summed E-state index contributed by atoms with van der Waals surface area (Å²) in [5.74, 6) is -0.0476. The summed E-state index contributed by atoms with van der Waals surface area (Å²) < 4.78 is 1.28. The average molecular weight is 493 g/mol. The molecule has 180 valence electrons. The molecule has 1 aliphatic rings. The molecule has 2 amide bonds. The van der Waals surface area contributed by atoms with Crippen molar-refractivity contribution in [3.8, 4) is 0 Å². The zero-order valence-corrected chi connectivity index (χ0v) is 20.4. The number of aromatic amines is 1. The SMILES string of the molecule is Cc1nc2c(cnc3c2cc(C(=O)NCc2ccc(Cl)cc2)c(=O)n3CC(=O)N2CC(C)(C)C2)[nH]1. The molecule has 3 aromatic heterocycles. The third-order valence-corrected chi connectivity index (χ3v) is 6.43. The molecule has 35 heavy (non-hydrogen) atoms. The Morgan fingerprint density at radius 3 is 2.60 bits per heavy atom. The third kappa shape index (κ3) is 4.39. The van der Waals surface area contributed by atoms with Gasteiger partial charge in [0.15, 0.2) is 0 Å². The Hall–Kier alpha value is -3.72. The molecule has 9 nitrogen and oxygen atoms in total. The smallest absolute Gasteiger partial charge is 0.265 e. The molecule has 4 heterocycles. The van der Waals surface area contributed by atoms with Gasteiger partial charge in [-0.3, -0.25) is 19.0 Å². The van der Waals surface area contributed by atoms with E-state index in [4.69, 9.17) is 11.6 Å². The molecule has 0 atom stereocenters. The lowest BCUT2D eigenvalue weighted by molar-refractivity contribution is -0.142. The van der Waals surface area contributed by atoms with Crippen LogP contribution in [0.25, 0.3) is 22.1 Å². The zero-order valence-electron chi connectivity index (χ0n) is 19.7. The van der Waals surface area contributed by atoms with Crippen molar-refractivity contribution >= 4 is 45.5 Å². The Morgan fingerprint density at radius 2 is 1.91 bits per heavy atom. The second-order valence-corrected chi connectivity index (χ2v) is 10.2. The topological polar surface area (TPSA) is 113 Å². The number of rotatable bonds is 5. The van der Waals surface area contributed by atoms with Gasteiger partial charge in [0.05, 0.1) is 11.7 Å². The molecule has 0 radical (unpaired) electrons. The van der Waals surface area contributed by atoms with Crippen LogP contribution in [0.3, 0.4) is 0 Å². The van der Waals surface area contributed by atoms with Crippen LogP contribution in [0.1, 0.15) is 35.6 Å². The summed E-state index contributed by atoms with van der Waals surface area (Å²) in [7, 11) is 0. The molecule has 1 saturated heterocycles. The van der Waals surface area contributed by atoms with E-state index in [-0.39, 0.29) is 30.0 Å². The average Bonchev–Trinajstić information content (AvgIpc) is 3.18. The van der Waals surface area contributed by atoms with Crippen molar-refractivity contribution in [2.24, 2.45) is 5.41 Å².